The van der Waals surface area contributed by atoms with Crippen LogP contribution in [0.2, 0.25) is 0 Å². The summed E-state index contributed by atoms with van der Waals surface area (Å²) < 4.78 is 13.0. The second-order valence-electron chi connectivity index (χ2n) is 2.75. The van der Waals surface area contributed by atoms with Crippen LogP contribution in [-0.2, 0) is 0 Å². The summed E-state index contributed by atoms with van der Waals surface area (Å²) in [7, 11) is 0. The highest BCUT2D eigenvalue weighted by Gasteiger charge is 2.07. The Morgan fingerprint density at radius 2 is 2.27 bits per heavy atom. The zero-order valence-electron chi connectivity index (χ0n) is 7.76. The van der Waals surface area contributed by atoms with Gasteiger partial charge in [0.25, 0.3) is 0 Å². The van der Waals surface area contributed by atoms with Gasteiger partial charge in [0.05, 0.1) is 5.56 Å². The molecule has 4 heteroatoms. The number of hydrogen-bond donors (Lipinski definition) is 1. The third-order valence-corrected chi connectivity index (χ3v) is 1.86. The average Bonchev–Trinajstić information content (AvgIpc) is 2.23. The smallest absolute Gasteiger partial charge is 0.166 e. The minimum absolute atomic E-state index is 0.106. The van der Waals surface area contributed by atoms with Gasteiger partial charge in [-0.3, -0.25) is 4.79 Å². The number of rotatable bonds is 2. The number of phenols is 1. The monoisotopic (exact) mass is 226 g/mol. The van der Waals surface area contributed by atoms with Gasteiger partial charge in [-0.05, 0) is 12.1 Å². The Balaban J connectivity index is 3.07. The summed E-state index contributed by atoms with van der Waals surface area (Å²) in [6, 6.07) is 2.40. The number of hydrogen-bond acceptors (Lipinski definition) is 2. The molecule has 1 aromatic carbocycles. The number of carbonyl (C=O) groups excluding carboxylic acids is 1. The van der Waals surface area contributed by atoms with Crippen LogP contribution in [0.1, 0.15) is 22.3 Å². The van der Waals surface area contributed by atoms with Gasteiger partial charge in [0.15, 0.2) is 17.9 Å². The van der Waals surface area contributed by atoms with Crippen molar-refractivity contribution in [1.29, 1.82) is 0 Å². The maximum atomic E-state index is 13.0. The van der Waals surface area contributed by atoms with Crippen molar-refractivity contribution in [2.24, 2.45) is 0 Å². The fourth-order valence-electron chi connectivity index (χ4n) is 0.994. The van der Waals surface area contributed by atoms with Crippen LogP contribution in [0.5, 0.6) is 5.75 Å². The van der Waals surface area contributed by atoms with Crippen molar-refractivity contribution in [2.75, 3.05) is 5.88 Å². The molecule has 2 nitrogen and oxygen atoms in total. The molecule has 0 aliphatic rings. The molecule has 0 aromatic heterocycles. The molecule has 0 atom stereocenters. The average molecular weight is 227 g/mol. The third kappa shape index (κ3) is 2.97. The van der Waals surface area contributed by atoms with Gasteiger partial charge in [-0.25, -0.2) is 4.39 Å². The fraction of sp³-hybridized carbons (Fsp3) is 0.182. The van der Waals surface area contributed by atoms with E-state index in [1.54, 1.807) is 0 Å². The van der Waals surface area contributed by atoms with Crippen LogP contribution in [0.25, 0.3) is 0 Å². The third-order valence-electron chi connectivity index (χ3n) is 1.67. The van der Waals surface area contributed by atoms with Crippen LogP contribution in [0.4, 0.5) is 4.39 Å². The molecule has 0 spiro atoms. The number of halogens is 2. The summed E-state index contributed by atoms with van der Waals surface area (Å²) in [6.45, 7) is 0. The minimum Gasteiger partial charge on any atom is -0.504 e. The van der Waals surface area contributed by atoms with Crippen molar-refractivity contribution in [3.63, 3.8) is 0 Å². The summed E-state index contributed by atoms with van der Waals surface area (Å²) in [5.41, 5.74) is 0.239. The number of aldehydes is 1. The Morgan fingerprint density at radius 1 is 1.53 bits per heavy atom. The molecule has 0 heterocycles. The van der Waals surface area contributed by atoms with Gasteiger partial charge >= 0.3 is 0 Å². The van der Waals surface area contributed by atoms with Crippen LogP contribution >= 0.6 is 11.6 Å². The zero-order chi connectivity index (χ0) is 11.3. The molecule has 0 fully saturated rings. The van der Waals surface area contributed by atoms with Crippen molar-refractivity contribution >= 4 is 17.9 Å². The number of benzene rings is 1. The summed E-state index contributed by atoms with van der Waals surface area (Å²) in [6.07, 6.45) is 0.867. The van der Waals surface area contributed by atoms with E-state index < -0.39 is 11.6 Å². The highest BCUT2D eigenvalue weighted by Crippen LogP contribution is 2.21. The lowest BCUT2D eigenvalue weighted by molar-refractivity contribution is 0.112. The van der Waals surface area contributed by atoms with Crippen LogP contribution < -0.4 is 0 Å². The van der Waals surface area contributed by atoms with Gasteiger partial charge < -0.3 is 5.11 Å². The van der Waals surface area contributed by atoms with Gasteiger partial charge in [-0.2, -0.15) is 0 Å². The molecule has 1 N–H and O–H groups in total. The van der Waals surface area contributed by atoms with E-state index in [9.17, 15) is 9.18 Å². The quantitative estimate of drug-likeness (QED) is 0.477. The molecule has 0 unspecified atom stereocenters. The van der Waals surface area contributed by atoms with Crippen LogP contribution in [0, 0.1) is 17.7 Å². The Kier molecular flexibility index (Phi) is 4.14. The molecule has 0 saturated carbocycles. The van der Waals surface area contributed by atoms with Gasteiger partial charge in [-0.15, -0.1) is 11.6 Å². The Morgan fingerprint density at radius 3 is 2.87 bits per heavy atom. The van der Waals surface area contributed by atoms with Crippen molar-refractivity contribution in [2.45, 2.75) is 6.42 Å². The highest BCUT2D eigenvalue weighted by atomic mass is 35.5. The SMILES string of the molecule is O=Cc1cc(C#CCCCl)cc(F)c1O. The van der Waals surface area contributed by atoms with Crippen LogP contribution in [0.3, 0.4) is 0 Å². The molecule has 0 amide bonds. The van der Waals surface area contributed by atoms with E-state index in [1.807, 2.05) is 0 Å². The first-order valence-corrected chi connectivity index (χ1v) is 4.75. The lowest BCUT2D eigenvalue weighted by Crippen LogP contribution is -1.88. The molecule has 0 saturated heterocycles. The van der Waals surface area contributed by atoms with E-state index in [2.05, 4.69) is 11.8 Å². The Hall–Kier alpha value is -1.53. The normalized spacial score (nSPS) is 9.20. The molecule has 78 valence electrons. The minimum atomic E-state index is -0.852. The van der Waals surface area contributed by atoms with Crippen molar-refractivity contribution in [3.05, 3.63) is 29.1 Å². The van der Waals surface area contributed by atoms with Crippen molar-refractivity contribution < 1.29 is 14.3 Å². The number of carbonyl (C=O) groups is 1. The van der Waals surface area contributed by atoms with Crippen LogP contribution in [-0.4, -0.2) is 17.3 Å². The summed E-state index contributed by atoms with van der Waals surface area (Å²) in [5, 5.41) is 9.12. The predicted octanol–water partition coefficient (Wildman–Crippen LogP) is 2.32. The maximum absolute atomic E-state index is 13.0. The molecule has 0 aliphatic heterocycles. The largest absolute Gasteiger partial charge is 0.504 e. The lowest BCUT2D eigenvalue weighted by atomic mass is 10.1. The Bertz CT molecular complexity index is 432. The standard InChI is InChI=1S/C11H8ClFO2/c12-4-2-1-3-8-5-9(7-14)11(15)10(13)6-8/h5-7,15H,2,4H2. The fourth-order valence-corrected chi connectivity index (χ4v) is 1.09. The van der Waals surface area contributed by atoms with Gasteiger partial charge in [0.2, 0.25) is 0 Å². The molecule has 0 radical (unpaired) electrons. The molecular formula is C11H8ClFO2. The number of alkyl halides is 1. The topological polar surface area (TPSA) is 37.3 Å². The molecule has 0 aliphatic carbocycles. The lowest BCUT2D eigenvalue weighted by Gasteiger charge is -1.99. The molecule has 0 bridgehead atoms. The first-order valence-electron chi connectivity index (χ1n) is 4.21. The summed E-state index contributed by atoms with van der Waals surface area (Å²) >= 11 is 5.41. The van der Waals surface area contributed by atoms with E-state index in [0.717, 1.165) is 6.07 Å². The Labute approximate surface area is 91.7 Å². The van der Waals surface area contributed by atoms with Crippen molar-refractivity contribution in [1.82, 2.24) is 0 Å². The number of phenolic OH excluding ortho intramolecular Hbond substituents is 1. The maximum Gasteiger partial charge on any atom is 0.166 e. The predicted molar refractivity (Wildman–Crippen MR) is 55.7 cm³/mol. The number of aromatic hydroxyl groups is 1. The highest BCUT2D eigenvalue weighted by molar-refractivity contribution is 6.18. The zero-order valence-corrected chi connectivity index (χ0v) is 8.51. The first-order chi connectivity index (χ1) is 7.19. The molecule has 1 rings (SSSR count). The van der Waals surface area contributed by atoms with E-state index in [4.69, 9.17) is 16.7 Å². The molecule has 15 heavy (non-hydrogen) atoms. The van der Waals surface area contributed by atoms with E-state index in [1.165, 1.54) is 6.07 Å². The van der Waals surface area contributed by atoms with Crippen molar-refractivity contribution in [3.8, 4) is 17.6 Å². The van der Waals surface area contributed by atoms with Gasteiger partial charge in [-0.1, -0.05) is 11.8 Å². The molecular weight excluding hydrogens is 219 g/mol. The van der Waals surface area contributed by atoms with Gasteiger partial charge in [0.1, 0.15) is 0 Å². The first kappa shape index (κ1) is 11.5. The van der Waals surface area contributed by atoms with E-state index in [-0.39, 0.29) is 5.56 Å². The second-order valence-corrected chi connectivity index (χ2v) is 3.13. The second kappa shape index (κ2) is 5.38. The van der Waals surface area contributed by atoms with E-state index >= 15 is 0 Å². The molecule has 1 aromatic rings. The summed E-state index contributed by atoms with van der Waals surface area (Å²) in [4.78, 5) is 10.5. The summed E-state index contributed by atoms with van der Waals surface area (Å²) in [5.74, 6) is 4.25. The van der Waals surface area contributed by atoms with E-state index in [0.29, 0.717) is 24.2 Å². The van der Waals surface area contributed by atoms with Gasteiger partial charge in [0, 0.05) is 17.9 Å². The van der Waals surface area contributed by atoms with Crippen LogP contribution in [0.15, 0.2) is 12.1 Å².